The number of halogens is 1. The second-order valence-electron chi connectivity index (χ2n) is 6.33. The number of cyclic esters (lactones) is 1. The largest absolute Gasteiger partial charge is 0.493 e. The number of esters is 1. The van der Waals surface area contributed by atoms with Crippen LogP contribution in [0.25, 0.3) is 16.8 Å². The van der Waals surface area contributed by atoms with Crippen molar-refractivity contribution in [2.75, 3.05) is 13.7 Å². The number of nitrogens with zero attached hydrogens (tertiary/aromatic N) is 1. The highest BCUT2D eigenvalue weighted by molar-refractivity contribution is 6.32. The first-order chi connectivity index (χ1) is 14.1. The van der Waals surface area contributed by atoms with Crippen molar-refractivity contribution in [3.05, 3.63) is 76.4 Å². The Labute approximate surface area is 173 Å². The Morgan fingerprint density at radius 2 is 1.93 bits per heavy atom. The Morgan fingerprint density at radius 3 is 2.72 bits per heavy atom. The zero-order valence-corrected chi connectivity index (χ0v) is 16.7. The smallest absolute Gasteiger partial charge is 0.363 e. The van der Waals surface area contributed by atoms with Crippen molar-refractivity contribution in [2.45, 2.75) is 6.92 Å². The Morgan fingerprint density at radius 1 is 1.14 bits per heavy atom. The molecule has 0 unspecified atom stereocenters. The molecule has 146 valence electrons. The highest BCUT2D eigenvalue weighted by atomic mass is 35.5. The van der Waals surface area contributed by atoms with Crippen LogP contribution in [0.4, 0.5) is 0 Å². The highest BCUT2D eigenvalue weighted by Gasteiger charge is 2.25. The van der Waals surface area contributed by atoms with Crippen LogP contribution in [0.1, 0.15) is 18.1 Å². The maximum absolute atomic E-state index is 12.4. The van der Waals surface area contributed by atoms with Crippen LogP contribution < -0.4 is 9.47 Å². The predicted octanol–water partition coefficient (Wildman–Crippen LogP) is 5.25. The first-order valence-corrected chi connectivity index (χ1v) is 9.49. The lowest BCUT2D eigenvalue weighted by atomic mass is 10.0. The molecule has 0 radical (unpaired) electrons. The van der Waals surface area contributed by atoms with Crippen molar-refractivity contribution in [1.29, 1.82) is 0 Å². The van der Waals surface area contributed by atoms with Gasteiger partial charge in [0.2, 0.25) is 5.90 Å². The lowest BCUT2D eigenvalue weighted by Crippen LogP contribution is -2.05. The molecule has 4 rings (SSSR count). The Kier molecular flexibility index (Phi) is 5.23. The van der Waals surface area contributed by atoms with E-state index in [9.17, 15) is 4.79 Å². The summed E-state index contributed by atoms with van der Waals surface area (Å²) in [6.45, 7) is 2.32. The van der Waals surface area contributed by atoms with Gasteiger partial charge in [-0.2, -0.15) is 0 Å². The number of aliphatic imine (C=N–C) groups is 1. The molecule has 29 heavy (non-hydrogen) atoms. The van der Waals surface area contributed by atoms with E-state index in [-0.39, 0.29) is 11.6 Å². The molecule has 0 atom stereocenters. The fourth-order valence-corrected chi connectivity index (χ4v) is 3.48. The molecule has 5 nitrogen and oxygen atoms in total. The summed E-state index contributed by atoms with van der Waals surface area (Å²) in [6, 6.07) is 17.1. The van der Waals surface area contributed by atoms with E-state index in [1.54, 1.807) is 18.2 Å². The van der Waals surface area contributed by atoms with Gasteiger partial charge in [0.05, 0.1) is 18.7 Å². The van der Waals surface area contributed by atoms with Gasteiger partial charge < -0.3 is 14.2 Å². The van der Waals surface area contributed by atoms with E-state index in [0.29, 0.717) is 28.7 Å². The molecule has 0 N–H and O–H groups in total. The molecule has 3 aromatic rings. The lowest BCUT2D eigenvalue weighted by molar-refractivity contribution is -0.129. The van der Waals surface area contributed by atoms with Crippen molar-refractivity contribution >= 4 is 40.3 Å². The molecule has 0 saturated heterocycles. The van der Waals surface area contributed by atoms with Gasteiger partial charge in [-0.05, 0) is 47.5 Å². The van der Waals surface area contributed by atoms with Crippen molar-refractivity contribution in [3.8, 4) is 11.5 Å². The van der Waals surface area contributed by atoms with Gasteiger partial charge >= 0.3 is 5.97 Å². The van der Waals surface area contributed by atoms with Gasteiger partial charge in [-0.1, -0.05) is 48.0 Å². The molecule has 0 amide bonds. The Hall–Kier alpha value is -3.31. The van der Waals surface area contributed by atoms with Crippen molar-refractivity contribution in [2.24, 2.45) is 4.99 Å². The molecular weight excluding hydrogens is 390 g/mol. The summed E-state index contributed by atoms with van der Waals surface area (Å²) in [4.78, 5) is 16.8. The fourth-order valence-electron chi connectivity index (χ4n) is 3.20. The first kappa shape index (κ1) is 19.0. The minimum Gasteiger partial charge on any atom is -0.493 e. The third-order valence-corrected chi connectivity index (χ3v) is 4.77. The molecular formula is C23H18ClNO4. The van der Waals surface area contributed by atoms with E-state index in [4.69, 9.17) is 25.8 Å². The number of carbonyl (C=O) groups is 1. The van der Waals surface area contributed by atoms with Gasteiger partial charge in [0.25, 0.3) is 0 Å². The number of hydrogen-bond donors (Lipinski definition) is 0. The first-order valence-electron chi connectivity index (χ1n) is 9.11. The van der Waals surface area contributed by atoms with E-state index < -0.39 is 5.97 Å². The minimum atomic E-state index is -0.517. The summed E-state index contributed by atoms with van der Waals surface area (Å²) in [5.41, 5.74) is 1.61. The summed E-state index contributed by atoms with van der Waals surface area (Å²) < 4.78 is 16.3. The summed E-state index contributed by atoms with van der Waals surface area (Å²) >= 11 is 6.32. The van der Waals surface area contributed by atoms with Gasteiger partial charge in [0.1, 0.15) is 0 Å². The number of benzene rings is 3. The number of methoxy groups -OCH3 is 1. The van der Waals surface area contributed by atoms with Gasteiger partial charge in [-0.3, -0.25) is 0 Å². The van der Waals surface area contributed by atoms with Crippen LogP contribution in [-0.4, -0.2) is 25.6 Å². The molecule has 1 aliphatic heterocycles. The topological polar surface area (TPSA) is 57.1 Å². The van der Waals surface area contributed by atoms with E-state index in [1.165, 1.54) is 7.11 Å². The third-order valence-electron chi connectivity index (χ3n) is 4.48. The molecule has 3 aromatic carbocycles. The Bertz CT molecular complexity index is 1160. The third kappa shape index (κ3) is 3.69. The number of fused-ring (bicyclic) bond motifs is 1. The van der Waals surface area contributed by atoms with E-state index in [0.717, 1.165) is 16.3 Å². The predicted molar refractivity (Wildman–Crippen MR) is 114 cm³/mol. The second-order valence-corrected chi connectivity index (χ2v) is 6.74. The van der Waals surface area contributed by atoms with Crippen LogP contribution in [0.3, 0.4) is 0 Å². The summed E-state index contributed by atoms with van der Waals surface area (Å²) in [6.07, 6.45) is 1.62. The number of carbonyl (C=O) groups excluding carboxylic acids is 1. The van der Waals surface area contributed by atoms with Crippen molar-refractivity contribution in [1.82, 2.24) is 0 Å². The zero-order chi connectivity index (χ0) is 20.4. The fraction of sp³-hybridized carbons (Fsp3) is 0.130. The van der Waals surface area contributed by atoms with Crippen molar-refractivity contribution in [3.63, 3.8) is 0 Å². The van der Waals surface area contributed by atoms with E-state index >= 15 is 0 Å². The van der Waals surface area contributed by atoms with Crippen LogP contribution in [0.15, 0.2) is 65.3 Å². The average molecular weight is 408 g/mol. The standard InChI is InChI=1S/C23H18ClNO4/c1-3-28-21-18(24)11-14(13-20(21)27-2)12-19-23(26)29-22(25-19)17-10-6-8-15-7-4-5-9-16(15)17/h4-13H,3H2,1-2H3. The van der Waals surface area contributed by atoms with Crippen LogP contribution in [-0.2, 0) is 9.53 Å². The lowest BCUT2D eigenvalue weighted by Gasteiger charge is -2.11. The average Bonchev–Trinajstić information content (AvgIpc) is 3.09. The van der Waals surface area contributed by atoms with Crippen LogP contribution in [0.2, 0.25) is 5.02 Å². The molecule has 0 aliphatic carbocycles. The molecule has 1 aliphatic rings. The number of hydrogen-bond acceptors (Lipinski definition) is 5. The normalized spacial score (nSPS) is 14.8. The van der Waals surface area contributed by atoms with E-state index in [1.807, 2.05) is 49.4 Å². The number of ether oxygens (including phenoxy) is 3. The Balaban J connectivity index is 1.74. The second kappa shape index (κ2) is 7.97. The maximum atomic E-state index is 12.4. The molecule has 0 saturated carbocycles. The number of rotatable bonds is 5. The molecule has 0 aromatic heterocycles. The van der Waals surface area contributed by atoms with Gasteiger partial charge in [0, 0.05) is 5.56 Å². The molecule has 6 heteroatoms. The van der Waals surface area contributed by atoms with Gasteiger partial charge in [-0.15, -0.1) is 0 Å². The summed E-state index contributed by atoms with van der Waals surface area (Å²) in [5.74, 6) is 0.711. The highest BCUT2D eigenvalue weighted by Crippen LogP contribution is 2.37. The summed E-state index contributed by atoms with van der Waals surface area (Å²) in [5, 5.41) is 2.40. The van der Waals surface area contributed by atoms with Crippen LogP contribution >= 0.6 is 11.6 Å². The quantitative estimate of drug-likeness (QED) is 0.428. The zero-order valence-electron chi connectivity index (χ0n) is 15.9. The molecule has 0 spiro atoms. The van der Waals surface area contributed by atoms with Gasteiger partial charge in [-0.25, -0.2) is 9.79 Å². The van der Waals surface area contributed by atoms with Crippen molar-refractivity contribution < 1.29 is 19.0 Å². The van der Waals surface area contributed by atoms with Gasteiger partial charge in [0.15, 0.2) is 17.2 Å². The van der Waals surface area contributed by atoms with Crippen LogP contribution in [0.5, 0.6) is 11.5 Å². The van der Waals surface area contributed by atoms with Crippen LogP contribution in [0, 0.1) is 0 Å². The maximum Gasteiger partial charge on any atom is 0.363 e. The molecule has 0 bridgehead atoms. The summed E-state index contributed by atoms with van der Waals surface area (Å²) in [7, 11) is 1.53. The SMILES string of the molecule is CCOc1c(Cl)cc(C=C2N=C(c3cccc4ccccc34)OC2=O)cc1OC. The monoisotopic (exact) mass is 407 g/mol. The minimum absolute atomic E-state index is 0.190. The molecule has 0 fully saturated rings. The molecule has 1 heterocycles. The van der Waals surface area contributed by atoms with E-state index in [2.05, 4.69) is 4.99 Å².